The molecular formula is C18H20N4O2. The minimum atomic E-state index is -0.137. The van der Waals surface area contributed by atoms with Crippen LogP contribution in [0.15, 0.2) is 43.1 Å². The highest BCUT2D eigenvalue weighted by atomic mass is 16.5. The highest BCUT2D eigenvalue weighted by Crippen LogP contribution is 2.27. The number of hydrogen-bond donors (Lipinski definition) is 0. The molecule has 2 heterocycles. The molecule has 24 heavy (non-hydrogen) atoms. The van der Waals surface area contributed by atoms with Gasteiger partial charge in [0.15, 0.2) is 0 Å². The van der Waals surface area contributed by atoms with Crippen LogP contribution in [0, 0.1) is 0 Å². The van der Waals surface area contributed by atoms with Gasteiger partial charge in [0.1, 0.15) is 12.1 Å². The largest absolute Gasteiger partial charge is 0.497 e. The molecule has 0 atom stereocenters. The summed E-state index contributed by atoms with van der Waals surface area (Å²) in [5.41, 5.74) is 2.44. The fraction of sp³-hybridized carbons (Fsp3) is 0.278. The van der Waals surface area contributed by atoms with Gasteiger partial charge < -0.3 is 9.64 Å². The standard InChI is InChI=1S/C18H20N4O2/c1-21(2)7-6-13-11-22(18(23)14-9-19-12-20-10-14)17-5-4-15(24-3)8-16(13)17/h4-5,8-12H,6-7H2,1-3H3. The number of carbonyl (C=O) groups excluding carboxylic acids is 1. The lowest BCUT2D eigenvalue weighted by molar-refractivity contribution is 0.0964. The Bertz CT molecular complexity index is 856. The number of hydrogen-bond acceptors (Lipinski definition) is 5. The van der Waals surface area contributed by atoms with Crippen molar-refractivity contribution < 1.29 is 9.53 Å². The second-order valence-electron chi connectivity index (χ2n) is 5.89. The maximum atomic E-state index is 12.8. The summed E-state index contributed by atoms with van der Waals surface area (Å²) in [6, 6.07) is 5.75. The lowest BCUT2D eigenvalue weighted by atomic mass is 10.1. The topological polar surface area (TPSA) is 60.2 Å². The fourth-order valence-corrected chi connectivity index (χ4v) is 2.66. The number of nitrogens with zero attached hydrogens (tertiary/aromatic N) is 4. The van der Waals surface area contributed by atoms with Crippen molar-refractivity contribution in [3.8, 4) is 5.75 Å². The zero-order valence-electron chi connectivity index (χ0n) is 14.1. The normalized spacial score (nSPS) is 11.2. The Morgan fingerprint density at radius 1 is 1.25 bits per heavy atom. The van der Waals surface area contributed by atoms with Crippen molar-refractivity contribution in [3.05, 3.63) is 54.2 Å². The van der Waals surface area contributed by atoms with Gasteiger partial charge in [0.2, 0.25) is 0 Å². The minimum Gasteiger partial charge on any atom is -0.497 e. The molecule has 6 nitrogen and oxygen atoms in total. The summed E-state index contributed by atoms with van der Waals surface area (Å²) < 4.78 is 7.00. The van der Waals surface area contributed by atoms with E-state index in [0.717, 1.165) is 35.2 Å². The molecule has 0 aliphatic rings. The van der Waals surface area contributed by atoms with E-state index in [1.807, 2.05) is 38.5 Å². The van der Waals surface area contributed by atoms with E-state index in [1.165, 1.54) is 18.7 Å². The number of carbonyl (C=O) groups is 1. The zero-order chi connectivity index (χ0) is 17.1. The molecule has 0 unspecified atom stereocenters. The first-order valence-corrected chi connectivity index (χ1v) is 7.72. The Labute approximate surface area is 140 Å². The highest BCUT2D eigenvalue weighted by Gasteiger charge is 2.16. The van der Waals surface area contributed by atoms with E-state index in [1.54, 1.807) is 11.7 Å². The summed E-state index contributed by atoms with van der Waals surface area (Å²) in [7, 11) is 5.71. The van der Waals surface area contributed by atoms with Crippen molar-refractivity contribution in [2.75, 3.05) is 27.7 Å². The predicted molar refractivity (Wildman–Crippen MR) is 92.5 cm³/mol. The molecule has 3 aromatic rings. The first kappa shape index (κ1) is 16.1. The minimum absolute atomic E-state index is 0.137. The van der Waals surface area contributed by atoms with Crippen LogP contribution in [-0.2, 0) is 6.42 Å². The lowest BCUT2D eigenvalue weighted by Crippen LogP contribution is -2.15. The van der Waals surface area contributed by atoms with Crippen LogP contribution in [0.4, 0.5) is 0 Å². The van der Waals surface area contributed by atoms with Crippen LogP contribution in [0.5, 0.6) is 5.75 Å². The fourth-order valence-electron chi connectivity index (χ4n) is 2.66. The molecule has 124 valence electrons. The molecule has 0 radical (unpaired) electrons. The molecule has 0 N–H and O–H groups in total. The van der Waals surface area contributed by atoms with Gasteiger partial charge in [-0.15, -0.1) is 0 Å². The molecule has 0 bridgehead atoms. The number of fused-ring (bicyclic) bond motifs is 1. The van der Waals surface area contributed by atoms with Crippen LogP contribution in [0.2, 0.25) is 0 Å². The monoisotopic (exact) mass is 324 g/mol. The van der Waals surface area contributed by atoms with E-state index < -0.39 is 0 Å². The van der Waals surface area contributed by atoms with Crippen LogP contribution in [-0.4, -0.2) is 53.1 Å². The first-order valence-electron chi connectivity index (χ1n) is 7.72. The predicted octanol–water partition coefficient (Wildman–Crippen LogP) is 2.23. The third kappa shape index (κ3) is 3.14. The van der Waals surface area contributed by atoms with Crippen molar-refractivity contribution in [2.24, 2.45) is 0 Å². The average molecular weight is 324 g/mol. The molecule has 0 saturated heterocycles. The van der Waals surface area contributed by atoms with Crippen LogP contribution >= 0.6 is 0 Å². The summed E-state index contributed by atoms with van der Waals surface area (Å²) in [5, 5.41) is 1.03. The van der Waals surface area contributed by atoms with Gasteiger partial charge in [0.25, 0.3) is 5.91 Å². The summed E-state index contributed by atoms with van der Waals surface area (Å²) >= 11 is 0. The van der Waals surface area contributed by atoms with E-state index in [4.69, 9.17) is 4.74 Å². The van der Waals surface area contributed by atoms with E-state index >= 15 is 0 Å². The number of likely N-dealkylation sites (N-methyl/N-ethyl adjacent to an activating group) is 1. The second-order valence-corrected chi connectivity index (χ2v) is 5.89. The molecule has 0 fully saturated rings. The summed E-state index contributed by atoms with van der Waals surface area (Å²) in [6.45, 7) is 0.902. The number of benzene rings is 1. The summed E-state index contributed by atoms with van der Waals surface area (Å²) in [6.07, 6.45) is 7.23. The average Bonchev–Trinajstić information content (AvgIpc) is 2.97. The van der Waals surface area contributed by atoms with Gasteiger partial charge in [0.05, 0.1) is 18.2 Å². The molecule has 0 aliphatic heterocycles. The Morgan fingerprint density at radius 3 is 2.67 bits per heavy atom. The van der Waals surface area contributed by atoms with Crippen LogP contribution in [0.1, 0.15) is 15.9 Å². The van der Waals surface area contributed by atoms with E-state index in [-0.39, 0.29) is 5.91 Å². The molecule has 0 aliphatic carbocycles. The number of ether oxygens (including phenoxy) is 1. The molecule has 6 heteroatoms. The molecule has 1 aromatic carbocycles. The van der Waals surface area contributed by atoms with Crippen molar-refractivity contribution in [1.82, 2.24) is 19.4 Å². The smallest absolute Gasteiger partial charge is 0.265 e. The van der Waals surface area contributed by atoms with Crippen molar-refractivity contribution >= 4 is 16.8 Å². The number of aromatic nitrogens is 3. The van der Waals surface area contributed by atoms with Crippen LogP contribution in [0.3, 0.4) is 0 Å². The van der Waals surface area contributed by atoms with E-state index in [9.17, 15) is 4.79 Å². The molecular weight excluding hydrogens is 304 g/mol. The quantitative estimate of drug-likeness (QED) is 0.720. The van der Waals surface area contributed by atoms with Gasteiger partial charge in [-0.25, -0.2) is 9.97 Å². The molecule has 3 rings (SSSR count). The molecule has 2 aromatic heterocycles. The van der Waals surface area contributed by atoms with Gasteiger partial charge >= 0.3 is 0 Å². The summed E-state index contributed by atoms with van der Waals surface area (Å²) in [5.74, 6) is 0.642. The molecule has 0 amide bonds. The lowest BCUT2D eigenvalue weighted by Gasteiger charge is -2.08. The Morgan fingerprint density at radius 2 is 2.00 bits per heavy atom. The van der Waals surface area contributed by atoms with Crippen molar-refractivity contribution in [1.29, 1.82) is 0 Å². The molecule has 0 saturated carbocycles. The number of methoxy groups -OCH3 is 1. The highest BCUT2D eigenvalue weighted by molar-refractivity contribution is 6.02. The number of rotatable bonds is 5. The third-order valence-corrected chi connectivity index (χ3v) is 3.95. The van der Waals surface area contributed by atoms with Crippen molar-refractivity contribution in [3.63, 3.8) is 0 Å². The second kappa shape index (κ2) is 6.80. The maximum absolute atomic E-state index is 12.8. The van der Waals surface area contributed by atoms with Gasteiger partial charge in [-0.05, 0) is 44.3 Å². The van der Waals surface area contributed by atoms with E-state index in [2.05, 4.69) is 14.9 Å². The Hall–Kier alpha value is -2.73. The van der Waals surface area contributed by atoms with Gasteiger partial charge in [-0.2, -0.15) is 0 Å². The van der Waals surface area contributed by atoms with Gasteiger partial charge in [-0.3, -0.25) is 9.36 Å². The van der Waals surface area contributed by atoms with Crippen molar-refractivity contribution in [2.45, 2.75) is 6.42 Å². The zero-order valence-corrected chi connectivity index (χ0v) is 14.1. The van der Waals surface area contributed by atoms with Gasteiger partial charge in [0, 0.05) is 30.5 Å². The Balaban J connectivity index is 2.09. The third-order valence-electron chi connectivity index (χ3n) is 3.95. The molecule has 0 spiro atoms. The van der Waals surface area contributed by atoms with Crippen LogP contribution < -0.4 is 4.74 Å². The first-order chi connectivity index (χ1) is 11.6. The van der Waals surface area contributed by atoms with E-state index in [0.29, 0.717) is 5.56 Å². The SMILES string of the molecule is COc1ccc2c(c1)c(CCN(C)C)cn2C(=O)c1cncnc1. The maximum Gasteiger partial charge on any atom is 0.265 e. The van der Waals surface area contributed by atoms with Gasteiger partial charge in [-0.1, -0.05) is 0 Å². The summed E-state index contributed by atoms with van der Waals surface area (Å²) in [4.78, 5) is 22.8. The Kier molecular flexibility index (Phi) is 4.57. The van der Waals surface area contributed by atoms with Crippen LogP contribution in [0.25, 0.3) is 10.9 Å².